The maximum Gasteiger partial charge on any atom is 0.124 e. The zero-order chi connectivity index (χ0) is 15.3. The van der Waals surface area contributed by atoms with Crippen LogP contribution in [0, 0.1) is 0 Å². The molecule has 0 aliphatic heterocycles. The highest BCUT2D eigenvalue weighted by atomic mass is 16.5. The number of methoxy groups -OCH3 is 1. The van der Waals surface area contributed by atoms with Gasteiger partial charge in [0.15, 0.2) is 0 Å². The second-order valence-corrected chi connectivity index (χ2v) is 5.38. The molecule has 120 valence electrons. The van der Waals surface area contributed by atoms with E-state index in [2.05, 4.69) is 37.4 Å². The van der Waals surface area contributed by atoms with Crippen molar-refractivity contribution in [1.29, 1.82) is 0 Å². The third kappa shape index (κ3) is 6.96. The number of unbranched alkanes of at least 4 members (excludes halogenated alkanes) is 2. The van der Waals surface area contributed by atoms with Crippen LogP contribution in [-0.2, 0) is 4.74 Å². The second-order valence-electron chi connectivity index (χ2n) is 5.38. The number of para-hydroxylation sites is 1. The lowest BCUT2D eigenvalue weighted by atomic mass is 9.99. The molecule has 21 heavy (non-hydrogen) atoms. The van der Waals surface area contributed by atoms with Crippen molar-refractivity contribution in [3.05, 3.63) is 29.8 Å². The topological polar surface area (TPSA) is 30.5 Å². The molecule has 3 nitrogen and oxygen atoms in total. The van der Waals surface area contributed by atoms with E-state index in [0.717, 1.165) is 18.7 Å². The Morgan fingerprint density at radius 1 is 1.05 bits per heavy atom. The lowest BCUT2D eigenvalue weighted by molar-refractivity contribution is 0.145. The Morgan fingerprint density at radius 3 is 2.57 bits per heavy atom. The summed E-state index contributed by atoms with van der Waals surface area (Å²) in [5.41, 5.74) is 1.28. The lowest BCUT2D eigenvalue weighted by Crippen LogP contribution is -2.23. The van der Waals surface area contributed by atoms with Gasteiger partial charge in [-0.15, -0.1) is 0 Å². The monoisotopic (exact) mass is 293 g/mol. The first-order valence-electron chi connectivity index (χ1n) is 8.27. The van der Waals surface area contributed by atoms with Gasteiger partial charge >= 0.3 is 0 Å². The minimum Gasteiger partial charge on any atom is -0.491 e. The fourth-order valence-electron chi connectivity index (χ4n) is 2.42. The number of nitrogens with one attached hydrogen (secondary N) is 1. The Bertz CT molecular complexity index is 368. The van der Waals surface area contributed by atoms with Crippen LogP contribution in [0.5, 0.6) is 5.75 Å². The van der Waals surface area contributed by atoms with Crippen molar-refractivity contribution >= 4 is 0 Å². The van der Waals surface area contributed by atoms with Gasteiger partial charge in [0.05, 0.1) is 6.61 Å². The molecule has 0 heterocycles. The molecule has 0 bridgehead atoms. The highest BCUT2D eigenvalue weighted by molar-refractivity contribution is 5.36. The molecule has 0 aliphatic rings. The van der Waals surface area contributed by atoms with Gasteiger partial charge in [-0.3, -0.25) is 0 Å². The molecule has 3 heteroatoms. The van der Waals surface area contributed by atoms with E-state index in [1.54, 1.807) is 7.11 Å². The van der Waals surface area contributed by atoms with Crippen LogP contribution >= 0.6 is 0 Å². The molecule has 0 aliphatic carbocycles. The van der Waals surface area contributed by atoms with Crippen molar-refractivity contribution in [1.82, 2.24) is 5.32 Å². The van der Waals surface area contributed by atoms with Gasteiger partial charge in [-0.2, -0.15) is 0 Å². The molecule has 0 radical (unpaired) electrons. The molecule has 0 fully saturated rings. The average Bonchev–Trinajstić information content (AvgIpc) is 2.52. The third-order valence-corrected chi connectivity index (χ3v) is 3.58. The summed E-state index contributed by atoms with van der Waals surface area (Å²) in [6.45, 7) is 6.72. The van der Waals surface area contributed by atoms with Gasteiger partial charge in [-0.1, -0.05) is 51.3 Å². The van der Waals surface area contributed by atoms with Gasteiger partial charge in [0.2, 0.25) is 0 Å². The van der Waals surface area contributed by atoms with Gasteiger partial charge in [0.1, 0.15) is 12.4 Å². The zero-order valence-electron chi connectivity index (χ0n) is 13.9. The van der Waals surface area contributed by atoms with Crippen LogP contribution < -0.4 is 10.1 Å². The van der Waals surface area contributed by atoms with Gasteiger partial charge in [0.25, 0.3) is 0 Å². The normalized spacial score (nSPS) is 12.3. The largest absolute Gasteiger partial charge is 0.491 e. The van der Waals surface area contributed by atoms with E-state index in [4.69, 9.17) is 9.47 Å². The lowest BCUT2D eigenvalue weighted by Gasteiger charge is -2.22. The Labute approximate surface area is 130 Å². The predicted octanol–water partition coefficient (Wildman–Crippen LogP) is 4.33. The first kappa shape index (κ1) is 18.0. The number of hydrogen-bond donors (Lipinski definition) is 1. The Morgan fingerprint density at radius 2 is 1.86 bits per heavy atom. The van der Waals surface area contributed by atoms with Gasteiger partial charge in [-0.25, -0.2) is 0 Å². The zero-order valence-corrected chi connectivity index (χ0v) is 13.9. The standard InChI is InChI=1S/C18H31NO2/c1-4-6-7-11-17(19-13-5-2)16-10-8-9-12-18(16)21-15-14-20-3/h8-10,12,17,19H,4-7,11,13-15H2,1-3H3. The first-order chi connectivity index (χ1) is 10.3. The molecule has 0 spiro atoms. The third-order valence-electron chi connectivity index (χ3n) is 3.58. The smallest absolute Gasteiger partial charge is 0.124 e. The summed E-state index contributed by atoms with van der Waals surface area (Å²) in [5, 5.41) is 3.66. The van der Waals surface area contributed by atoms with Crippen LogP contribution in [0.15, 0.2) is 24.3 Å². The quantitative estimate of drug-likeness (QED) is 0.582. The van der Waals surface area contributed by atoms with Crippen molar-refractivity contribution in [3.63, 3.8) is 0 Å². The van der Waals surface area contributed by atoms with E-state index in [9.17, 15) is 0 Å². The highest BCUT2D eigenvalue weighted by Gasteiger charge is 2.15. The molecule has 0 saturated carbocycles. The maximum absolute atomic E-state index is 5.88. The second kappa shape index (κ2) is 11.6. The Balaban J connectivity index is 2.73. The van der Waals surface area contributed by atoms with E-state index >= 15 is 0 Å². The molecular formula is C18H31NO2. The van der Waals surface area contributed by atoms with Crippen molar-refractivity contribution in [2.24, 2.45) is 0 Å². The number of ether oxygens (including phenoxy) is 2. The fraction of sp³-hybridized carbons (Fsp3) is 0.667. The van der Waals surface area contributed by atoms with Gasteiger partial charge in [0, 0.05) is 18.7 Å². The minimum atomic E-state index is 0.384. The molecule has 1 aromatic rings. The van der Waals surface area contributed by atoms with Gasteiger partial charge < -0.3 is 14.8 Å². The SMILES string of the molecule is CCCCCC(NCCC)c1ccccc1OCCOC. The molecule has 0 amide bonds. The minimum absolute atomic E-state index is 0.384. The maximum atomic E-state index is 5.88. The number of benzene rings is 1. The summed E-state index contributed by atoms with van der Waals surface area (Å²) in [7, 11) is 1.70. The number of rotatable bonds is 12. The summed E-state index contributed by atoms with van der Waals surface area (Å²) in [5.74, 6) is 0.986. The van der Waals surface area contributed by atoms with Crippen molar-refractivity contribution in [2.45, 2.75) is 52.0 Å². The molecule has 1 N–H and O–H groups in total. The van der Waals surface area contributed by atoms with Crippen molar-refractivity contribution in [2.75, 3.05) is 26.9 Å². The van der Waals surface area contributed by atoms with E-state index in [1.807, 2.05) is 6.07 Å². The molecule has 1 unspecified atom stereocenters. The Kier molecular flexibility index (Phi) is 9.92. The first-order valence-corrected chi connectivity index (χ1v) is 8.27. The number of hydrogen-bond acceptors (Lipinski definition) is 3. The molecule has 0 saturated heterocycles. The molecule has 1 atom stereocenters. The van der Waals surface area contributed by atoms with E-state index in [-0.39, 0.29) is 0 Å². The van der Waals surface area contributed by atoms with Crippen LogP contribution in [-0.4, -0.2) is 26.9 Å². The average molecular weight is 293 g/mol. The Hall–Kier alpha value is -1.06. The van der Waals surface area contributed by atoms with Crippen LogP contribution in [0.25, 0.3) is 0 Å². The van der Waals surface area contributed by atoms with Crippen LogP contribution in [0.1, 0.15) is 57.6 Å². The molecular weight excluding hydrogens is 262 g/mol. The summed E-state index contributed by atoms with van der Waals surface area (Å²) < 4.78 is 10.9. The fourth-order valence-corrected chi connectivity index (χ4v) is 2.42. The predicted molar refractivity (Wildman–Crippen MR) is 89.0 cm³/mol. The van der Waals surface area contributed by atoms with E-state index < -0.39 is 0 Å². The van der Waals surface area contributed by atoms with Gasteiger partial charge in [-0.05, 0) is 25.5 Å². The van der Waals surface area contributed by atoms with Crippen molar-refractivity contribution in [3.8, 4) is 5.75 Å². The molecule has 0 aromatic heterocycles. The van der Waals surface area contributed by atoms with Crippen LogP contribution in [0.2, 0.25) is 0 Å². The van der Waals surface area contributed by atoms with Crippen LogP contribution in [0.3, 0.4) is 0 Å². The highest BCUT2D eigenvalue weighted by Crippen LogP contribution is 2.28. The van der Waals surface area contributed by atoms with E-state index in [1.165, 1.54) is 31.2 Å². The summed E-state index contributed by atoms with van der Waals surface area (Å²) in [4.78, 5) is 0. The van der Waals surface area contributed by atoms with E-state index in [0.29, 0.717) is 19.3 Å². The summed E-state index contributed by atoms with van der Waals surface area (Å²) in [6.07, 6.45) is 6.11. The van der Waals surface area contributed by atoms with Crippen LogP contribution in [0.4, 0.5) is 0 Å². The molecule has 1 aromatic carbocycles. The molecule has 1 rings (SSSR count). The van der Waals surface area contributed by atoms with Crippen molar-refractivity contribution < 1.29 is 9.47 Å². The summed E-state index contributed by atoms with van der Waals surface area (Å²) in [6, 6.07) is 8.76. The summed E-state index contributed by atoms with van der Waals surface area (Å²) >= 11 is 0.